The van der Waals surface area contributed by atoms with Gasteiger partial charge in [0.2, 0.25) is 0 Å². The van der Waals surface area contributed by atoms with Gasteiger partial charge in [-0.05, 0) is 94.9 Å². The predicted molar refractivity (Wildman–Crippen MR) is 123 cm³/mol. The molecule has 0 aliphatic heterocycles. The second kappa shape index (κ2) is 7.93. The van der Waals surface area contributed by atoms with E-state index in [9.17, 15) is 4.79 Å². The molecular weight excluding hydrogens is 483 g/mol. The van der Waals surface area contributed by atoms with Gasteiger partial charge in [-0.15, -0.1) is 11.3 Å². The van der Waals surface area contributed by atoms with Crippen LogP contribution in [0, 0.1) is 3.57 Å². The SMILES string of the molecule is COc1ccc(-c2sc3cc(OC)ccc3c2C(=O)c2ccc(I)cc2)cc1. The summed E-state index contributed by atoms with van der Waals surface area (Å²) in [7, 11) is 3.29. The van der Waals surface area contributed by atoms with Gasteiger partial charge in [0, 0.05) is 29.7 Å². The van der Waals surface area contributed by atoms with Crippen molar-refractivity contribution in [2.75, 3.05) is 14.2 Å². The summed E-state index contributed by atoms with van der Waals surface area (Å²) < 4.78 is 12.8. The van der Waals surface area contributed by atoms with Crippen molar-refractivity contribution < 1.29 is 14.3 Å². The monoisotopic (exact) mass is 500 g/mol. The van der Waals surface area contributed by atoms with Gasteiger partial charge in [-0.3, -0.25) is 4.79 Å². The third-order valence-corrected chi connectivity index (χ3v) is 6.50. The lowest BCUT2D eigenvalue weighted by atomic mass is 9.97. The van der Waals surface area contributed by atoms with Crippen molar-refractivity contribution in [2.24, 2.45) is 0 Å². The van der Waals surface area contributed by atoms with E-state index < -0.39 is 0 Å². The molecule has 0 aliphatic rings. The molecule has 0 atom stereocenters. The summed E-state index contributed by atoms with van der Waals surface area (Å²) in [6.07, 6.45) is 0. The Labute approximate surface area is 181 Å². The van der Waals surface area contributed by atoms with E-state index >= 15 is 0 Å². The molecule has 0 radical (unpaired) electrons. The molecule has 4 aromatic rings. The van der Waals surface area contributed by atoms with E-state index in [2.05, 4.69) is 22.6 Å². The van der Waals surface area contributed by atoms with Crippen LogP contribution in [-0.2, 0) is 0 Å². The second-order valence-electron chi connectivity index (χ2n) is 6.23. The topological polar surface area (TPSA) is 35.5 Å². The number of carbonyl (C=O) groups is 1. The summed E-state index contributed by atoms with van der Waals surface area (Å²) in [4.78, 5) is 14.4. The molecule has 0 N–H and O–H groups in total. The third-order valence-electron chi connectivity index (χ3n) is 4.58. The Morgan fingerprint density at radius 3 is 2.14 bits per heavy atom. The maximum atomic E-state index is 13.5. The summed E-state index contributed by atoms with van der Waals surface area (Å²) in [5.74, 6) is 1.60. The predicted octanol–water partition coefficient (Wildman–Crippen LogP) is 6.42. The Kier molecular flexibility index (Phi) is 5.37. The van der Waals surface area contributed by atoms with Crippen molar-refractivity contribution in [2.45, 2.75) is 0 Å². The summed E-state index contributed by atoms with van der Waals surface area (Å²) in [6, 6.07) is 21.4. The number of carbonyl (C=O) groups excluding carboxylic acids is 1. The summed E-state index contributed by atoms with van der Waals surface area (Å²) in [5.41, 5.74) is 2.41. The van der Waals surface area contributed by atoms with E-state index in [4.69, 9.17) is 9.47 Å². The molecular formula is C23H17IO3S. The molecule has 0 fully saturated rings. The van der Waals surface area contributed by atoms with E-state index in [-0.39, 0.29) is 5.78 Å². The summed E-state index contributed by atoms with van der Waals surface area (Å²) in [6.45, 7) is 0. The molecule has 3 nitrogen and oxygen atoms in total. The molecule has 1 aromatic heterocycles. The van der Waals surface area contributed by atoms with Crippen LogP contribution in [0.4, 0.5) is 0 Å². The maximum Gasteiger partial charge on any atom is 0.195 e. The van der Waals surface area contributed by atoms with E-state index in [0.717, 1.165) is 41.2 Å². The minimum absolute atomic E-state index is 0.0265. The molecule has 5 heteroatoms. The normalized spacial score (nSPS) is 10.8. The first kappa shape index (κ1) is 19.0. The molecule has 0 amide bonds. The molecule has 0 saturated heterocycles. The zero-order valence-corrected chi connectivity index (χ0v) is 18.3. The number of methoxy groups -OCH3 is 2. The minimum atomic E-state index is 0.0265. The van der Waals surface area contributed by atoms with Gasteiger partial charge in [-0.2, -0.15) is 0 Å². The first-order valence-electron chi connectivity index (χ1n) is 8.66. The molecule has 0 saturated carbocycles. The van der Waals surface area contributed by atoms with E-state index in [1.807, 2.05) is 66.7 Å². The molecule has 1 heterocycles. The molecule has 4 rings (SSSR count). The van der Waals surface area contributed by atoms with Crippen molar-refractivity contribution in [3.8, 4) is 21.9 Å². The van der Waals surface area contributed by atoms with Gasteiger partial charge in [-0.25, -0.2) is 0 Å². The zero-order chi connectivity index (χ0) is 19.7. The van der Waals surface area contributed by atoms with Crippen LogP contribution in [0.15, 0.2) is 66.7 Å². The molecule has 0 bridgehead atoms. The smallest absolute Gasteiger partial charge is 0.195 e. The van der Waals surface area contributed by atoms with Gasteiger partial charge in [0.15, 0.2) is 5.78 Å². The quantitative estimate of drug-likeness (QED) is 0.234. The number of fused-ring (bicyclic) bond motifs is 1. The number of benzene rings is 3. The number of halogens is 1. The maximum absolute atomic E-state index is 13.5. The minimum Gasteiger partial charge on any atom is -0.497 e. The van der Waals surface area contributed by atoms with Crippen molar-refractivity contribution >= 4 is 49.8 Å². The van der Waals surface area contributed by atoms with E-state index in [1.54, 1.807) is 25.6 Å². The average Bonchev–Trinajstić information content (AvgIpc) is 3.12. The van der Waals surface area contributed by atoms with Gasteiger partial charge in [0.25, 0.3) is 0 Å². The van der Waals surface area contributed by atoms with Crippen molar-refractivity contribution in [1.82, 2.24) is 0 Å². The highest BCUT2D eigenvalue weighted by Gasteiger charge is 2.22. The molecule has 28 heavy (non-hydrogen) atoms. The number of hydrogen-bond donors (Lipinski definition) is 0. The lowest BCUT2D eigenvalue weighted by Gasteiger charge is -2.07. The molecule has 0 spiro atoms. The van der Waals surface area contributed by atoms with Gasteiger partial charge >= 0.3 is 0 Å². The van der Waals surface area contributed by atoms with Crippen LogP contribution in [0.25, 0.3) is 20.5 Å². The number of rotatable bonds is 5. The lowest BCUT2D eigenvalue weighted by Crippen LogP contribution is -2.02. The molecule has 0 aliphatic carbocycles. The van der Waals surface area contributed by atoms with Crippen LogP contribution >= 0.6 is 33.9 Å². The lowest BCUT2D eigenvalue weighted by molar-refractivity contribution is 0.104. The number of ketones is 1. The molecule has 140 valence electrons. The van der Waals surface area contributed by atoms with Gasteiger partial charge < -0.3 is 9.47 Å². The largest absolute Gasteiger partial charge is 0.497 e. The number of thiophene rings is 1. The Morgan fingerprint density at radius 1 is 0.857 bits per heavy atom. The van der Waals surface area contributed by atoms with Crippen LogP contribution in [0.1, 0.15) is 15.9 Å². The Bertz CT molecular complexity index is 1150. The third kappa shape index (κ3) is 3.52. The number of hydrogen-bond acceptors (Lipinski definition) is 4. The van der Waals surface area contributed by atoms with Crippen LogP contribution in [-0.4, -0.2) is 20.0 Å². The summed E-state index contributed by atoms with van der Waals surface area (Å²) >= 11 is 3.85. The van der Waals surface area contributed by atoms with Crippen molar-refractivity contribution in [3.63, 3.8) is 0 Å². The van der Waals surface area contributed by atoms with Crippen LogP contribution in [0.3, 0.4) is 0 Å². The fraction of sp³-hybridized carbons (Fsp3) is 0.0870. The zero-order valence-electron chi connectivity index (χ0n) is 15.4. The second-order valence-corrected chi connectivity index (χ2v) is 8.53. The number of ether oxygens (including phenoxy) is 2. The van der Waals surface area contributed by atoms with Crippen LogP contribution < -0.4 is 9.47 Å². The first-order chi connectivity index (χ1) is 13.6. The highest BCUT2D eigenvalue weighted by Crippen LogP contribution is 2.41. The molecule has 0 unspecified atom stereocenters. The fourth-order valence-corrected chi connectivity index (χ4v) is 4.71. The van der Waals surface area contributed by atoms with Crippen LogP contribution in [0.5, 0.6) is 11.5 Å². The average molecular weight is 500 g/mol. The van der Waals surface area contributed by atoms with Gasteiger partial charge in [0.1, 0.15) is 11.5 Å². The first-order valence-corrected chi connectivity index (χ1v) is 10.6. The van der Waals surface area contributed by atoms with E-state index in [1.165, 1.54) is 0 Å². The standard InChI is InChI=1S/C23H17IO3S/c1-26-17-9-5-15(6-10-17)23-21(22(25)14-3-7-16(24)8-4-14)19-12-11-18(27-2)13-20(19)28-23/h3-13H,1-2H3. The fourth-order valence-electron chi connectivity index (χ4n) is 3.12. The van der Waals surface area contributed by atoms with Crippen molar-refractivity contribution in [1.29, 1.82) is 0 Å². The van der Waals surface area contributed by atoms with Gasteiger partial charge in [0.05, 0.1) is 14.2 Å². The summed E-state index contributed by atoms with van der Waals surface area (Å²) in [5, 5.41) is 0.945. The van der Waals surface area contributed by atoms with Crippen molar-refractivity contribution in [3.05, 3.63) is 81.4 Å². The Balaban J connectivity index is 1.92. The Morgan fingerprint density at radius 2 is 1.50 bits per heavy atom. The highest BCUT2D eigenvalue weighted by atomic mass is 127. The highest BCUT2D eigenvalue weighted by molar-refractivity contribution is 14.1. The van der Waals surface area contributed by atoms with Gasteiger partial charge in [-0.1, -0.05) is 0 Å². The Hall–Kier alpha value is -2.38. The van der Waals surface area contributed by atoms with E-state index in [0.29, 0.717) is 5.56 Å². The van der Waals surface area contributed by atoms with Crippen LogP contribution in [0.2, 0.25) is 0 Å². The molecule has 3 aromatic carbocycles.